The zero-order valence-corrected chi connectivity index (χ0v) is 12.2. The van der Waals surface area contributed by atoms with Crippen LogP contribution >= 0.6 is 0 Å². The number of hydrogen-bond donors (Lipinski definition) is 2. The Labute approximate surface area is 119 Å². The van der Waals surface area contributed by atoms with E-state index in [4.69, 9.17) is 4.42 Å². The first-order valence-corrected chi connectivity index (χ1v) is 6.73. The van der Waals surface area contributed by atoms with Gasteiger partial charge in [0.25, 0.3) is 0 Å². The molecule has 0 aliphatic carbocycles. The van der Waals surface area contributed by atoms with Crippen LogP contribution in [0.4, 0.5) is 0 Å². The molecule has 2 aromatic rings. The molecule has 0 fully saturated rings. The predicted octanol–water partition coefficient (Wildman–Crippen LogP) is 2.76. The number of nitrogens with zero attached hydrogens (tertiary/aromatic N) is 1. The second-order valence-corrected chi connectivity index (χ2v) is 4.70. The number of hydrogen-bond acceptors (Lipinski definition) is 2. The van der Waals surface area contributed by atoms with E-state index in [9.17, 15) is 0 Å². The Balaban J connectivity index is 1.86. The van der Waals surface area contributed by atoms with Crippen LogP contribution in [0.1, 0.15) is 22.6 Å². The molecule has 0 aliphatic heterocycles. The van der Waals surface area contributed by atoms with Gasteiger partial charge in [0, 0.05) is 25.7 Å². The van der Waals surface area contributed by atoms with Gasteiger partial charge < -0.3 is 15.1 Å². The molecular formula is C16H21N3O. The number of rotatable bonds is 4. The molecule has 0 aliphatic rings. The number of aliphatic imine (C=N–C) groups is 1. The van der Waals surface area contributed by atoms with E-state index >= 15 is 0 Å². The maximum atomic E-state index is 5.51. The minimum Gasteiger partial charge on any atom is -0.466 e. The van der Waals surface area contributed by atoms with Crippen LogP contribution in [0.5, 0.6) is 0 Å². The number of guanidine groups is 1. The van der Waals surface area contributed by atoms with E-state index in [1.807, 2.05) is 38.1 Å². The maximum Gasteiger partial charge on any atom is 0.191 e. The molecule has 0 radical (unpaired) electrons. The van der Waals surface area contributed by atoms with Crippen molar-refractivity contribution in [2.45, 2.75) is 26.9 Å². The highest BCUT2D eigenvalue weighted by Crippen LogP contribution is 2.12. The Morgan fingerprint density at radius 2 is 1.80 bits per heavy atom. The lowest BCUT2D eigenvalue weighted by Crippen LogP contribution is -2.36. The van der Waals surface area contributed by atoms with Gasteiger partial charge in [-0.1, -0.05) is 30.3 Å². The highest BCUT2D eigenvalue weighted by atomic mass is 16.3. The van der Waals surface area contributed by atoms with Crippen LogP contribution < -0.4 is 10.6 Å². The van der Waals surface area contributed by atoms with E-state index in [0.717, 1.165) is 29.6 Å². The van der Waals surface area contributed by atoms with E-state index in [1.54, 1.807) is 7.05 Å². The summed E-state index contributed by atoms with van der Waals surface area (Å²) in [6, 6.07) is 12.3. The Morgan fingerprint density at radius 3 is 2.40 bits per heavy atom. The summed E-state index contributed by atoms with van der Waals surface area (Å²) in [6.07, 6.45) is 0. The van der Waals surface area contributed by atoms with Gasteiger partial charge in [0.2, 0.25) is 0 Å². The van der Waals surface area contributed by atoms with Gasteiger partial charge in [-0.15, -0.1) is 0 Å². The Hall–Kier alpha value is -2.23. The maximum absolute atomic E-state index is 5.51. The van der Waals surface area contributed by atoms with Crippen molar-refractivity contribution in [1.29, 1.82) is 0 Å². The van der Waals surface area contributed by atoms with Gasteiger partial charge in [-0.2, -0.15) is 0 Å². The lowest BCUT2D eigenvalue weighted by Gasteiger charge is -2.11. The van der Waals surface area contributed by atoms with E-state index in [1.165, 1.54) is 5.56 Å². The molecular weight excluding hydrogens is 250 g/mol. The summed E-state index contributed by atoms with van der Waals surface area (Å²) in [7, 11) is 1.77. The fraction of sp³-hybridized carbons (Fsp3) is 0.312. The van der Waals surface area contributed by atoms with Crippen molar-refractivity contribution in [1.82, 2.24) is 10.6 Å². The zero-order chi connectivity index (χ0) is 14.4. The van der Waals surface area contributed by atoms with Crippen molar-refractivity contribution in [2.75, 3.05) is 7.05 Å². The molecule has 1 aromatic heterocycles. The molecule has 20 heavy (non-hydrogen) atoms. The number of nitrogens with one attached hydrogen (secondary N) is 2. The monoisotopic (exact) mass is 271 g/mol. The minimum atomic E-state index is 0.706. The number of furan rings is 1. The molecule has 1 heterocycles. The second-order valence-electron chi connectivity index (χ2n) is 4.70. The van der Waals surface area contributed by atoms with Crippen LogP contribution in [0.25, 0.3) is 0 Å². The van der Waals surface area contributed by atoms with Crippen LogP contribution in [-0.2, 0) is 13.1 Å². The van der Waals surface area contributed by atoms with Gasteiger partial charge in [-0.25, -0.2) is 0 Å². The van der Waals surface area contributed by atoms with Crippen LogP contribution in [-0.4, -0.2) is 13.0 Å². The first-order chi connectivity index (χ1) is 9.69. The van der Waals surface area contributed by atoms with Gasteiger partial charge in [0.05, 0.1) is 0 Å². The Morgan fingerprint density at radius 1 is 1.10 bits per heavy atom. The SMILES string of the molecule is CN=C(NCc1ccccc1)NCc1cc(C)oc1C. The number of aryl methyl sites for hydroxylation is 2. The Kier molecular flexibility index (Phi) is 4.82. The minimum absolute atomic E-state index is 0.706. The molecule has 0 saturated heterocycles. The largest absolute Gasteiger partial charge is 0.466 e. The summed E-state index contributed by atoms with van der Waals surface area (Å²) >= 11 is 0. The summed E-state index contributed by atoms with van der Waals surface area (Å²) in [5.41, 5.74) is 2.39. The van der Waals surface area contributed by atoms with Gasteiger partial charge in [0.15, 0.2) is 5.96 Å². The summed E-state index contributed by atoms with van der Waals surface area (Å²) in [5.74, 6) is 2.67. The molecule has 4 nitrogen and oxygen atoms in total. The normalized spacial score (nSPS) is 11.4. The van der Waals surface area contributed by atoms with Gasteiger partial charge in [-0.05, 0) is 25.5 Å². The first-order valence-electron chi connectivity index (χ1n) is 6.73. The van der Waals surface area contributed by atoms with Crippen LogP contribution in [0.3, 0.4) is 0 Å². The molecule has 0 atom stereocenters. The molecule has 106 valence electrons. The summed E-state index contributed by atoms with van der Waals surface area (Å²) in [4.78, 5) is 4.22. The second kappa shape index (κ2) is 6.80. The van der Waals surface area contributed by atoms with Crippen LogP contribution in [0.15, 0.2) is 45.8 Å². The summed E-state index contributed by atoms with van der Waals surface area (Å²) < 4.78 is 5.51. The zero-order valence-electron chi connectivity index (χ0n) is 12.2. The van der Waals surface area contributed by atoms with E-state index < -0.39 is 0 Å². The lowest BCUT2D eigenvalue weighted by atomic mass is 10.2. The average molecular weight is 271 g/mol. The van der Waals surface area contributed by atoms with Crippen molar-refractivity contribution in [3.8, 4) is 0 Å². The molecule has 0 amide bonds. The Bertz CT molecular complexity index is 573. The summed E-state index contributed by atoms with van der Waals surface area (Å²) in [5, 5.41) is 6.58. The smallest absolute Gasteiger partial charge is 0.191 e. The third-order valence-corrected chi connectivity index (χ3v) is 3.12. The fourth-order valence-corrected chi connectivity index (χ4v) is 2.04. The van der Waals surface area contributed by atoms with Crippen molar-refractivity contribution in [3.05, 3.63) is 59.0 Å². The summed E-state index contributed by atoms with van der Waals surface area (Å²) in [6.45, 7) is 5.39. The van der Waals surface area contributed by atoms with Crippen LogP contribution in [0, 0.1) is 13.8 Å². The average Bonchev–Trinajstić information content (AvgIpc) is 2.78. The molecule has 4 heteroatoms. The highest BCUT2D eigenvalue weighted by Gasteiger charge is 2.05. The molecule has 0 spiro atoms. The fourth-order valence-electron chi connectivity index (χ4n) is 2.04. The molecule has 1 aromatic carbocycles. The van der Waals surface area contributed by atoms with E-state index in [0.29, 0.717) is 6.54 Å². The third kappa shape index (κ3) is 3.88. The quantitative estimate of drug-likeness (QED) is 0.664. The molecule has 2 N–H and O–H groups in total. The van der Waals surface area contributed by atoms with Gasteiger partial charge in [-0.3, -0.25) is 4.99 Å². The van der Waals surface area contributed by atoms with Gasteiger partial charge >= 0.3 is 0 Å². The van der Waals surface area contributed by atoms with Gasteiger partial charge in [0.1, 0.15) is 11.5 Å². The van der Waals surface area contributed by atoms with E-state index in [-0.39, 0.29) is 0 Å². The van der Waals surface area contributed by atoms with Crippen LogP contribution in [0.2, 0.25) is 0 Å². The van der Waals surface area contributed by atoms with Crippen molar-refractivity contribution < 1.29 is 4.42 Å². The van der Waals surface area contributed by atoms with E-state index in [2.05, 4.69) is 27.8 Å². The molecule has 0 saturated carbocycles. The first kappa shape index (κ1) is 14.2. The third-order valence-electron chi connectivity index (χ3n) is 3.12. The molecule has 2 rings (SSSR count). The number of benzene rings is 1. The van der Waals surface area contributed by atoms with Crippen molar-refractivity contribution >= 4 is 5.96 Å². The predicted molar refractivity (Wildman–Crippen MR) is 81.7 cm³/mol. The molecule has 0 bridgehead atoms. The molecule has 0 unspecified atom stereocenters. The highest BCUT2D eigenvalue weighted by molar-refractivity contribution is 5.79. The standard InChI is InChI=1S/C16H21N3O/c1-12-9-15(13(2)20-12)11-19-16(17-3)18-10-14-7-5-4-6-8-14/h4-9H,10-11H2,1-3H3,(H2,17,18,19). The lowest BCUT2D eigenvalue weighted by molar-refractivity contribution is 0.500. The van der Waals surface area contributed by atoms with Crippen molar-refractivity contribution in [3.63, 3.8) is 0 Å². The van der Waals surface area contributed by atoms with Crippen molar-refractivity contribution in [2.24, 2.45) is 4.99 Å². The topological polar surface area (TPSA) is 49.6 Å².